The molecule has 1 aromatic carbocycles. The van der Waals surface area contributed by atoms with E-state index in [0.717, 1.165) is 35.8 Å². The number of piperidine rings is 1. The molecular weight excluding hydrogens is 380 g/mol. The van der Waals surface area contributed by atoms with E-state index in [9.17, 15) is 4.79 Å². The summed E-state index contributed by atoms with van der Waals surface area (Å²) in [5.41, 5.74) is 3.23. The van der Waals surface area contributed by atoms with Gasteiger partial charge in [0.15, 0.2) is 0 Å². The molecule has 1 aliphatic rings. The molecule has 1 fully saturated rings. The first-order chi connectivity index (χ1) is 13.1. The lowest BCUT2D eigenvalue weighted by Crippen LogP contribution is -2.49. The number of carbonyl (C=O) groups is 1. The Morgan fingerprint density at radius 1 is 1.33 bits per heavy atom. The van der Waals surface area contributed by atoms with Crippen molar-refractivity contribution in [3.63, 3.8) is 0 Å². The van der Waals surface area contributed by atoms with Gasteiger partial charge in [-0.1, -0.05) is 23.7 Å². The number of rotatable bonds is 4. The minimum Gasteiger partial charge on any atom is -0.347 e. The van der Waals surface area contributed by atoms with Crippen LogP contribution in [0.15, 0.2) is 48.0 Å². The third-order valence-electron chi connectivity index (χ3n) is 5.04. The summed E-state index contributed by atoms with van der Waals surface area (Å²) in [6.07, 6.45) is 2.74. The van der Waals surface area contributed by atoms with E-state index in [1.807, 2.05) is 41.4 Å². The average Bonchev–Trinajstić information content (AvgIpc) is 3.32. The quantitative estimate of drug-likeness (QED) is 0.702. The maximum absolute atomic E-state index is 12.8. The zero-order valence-electron chi connectivity index (χ0n) is 15.0. The molecule has 5 nitrogen and oxygen atoms in total. The lowest BCUT2D eigenvalue weighted by atomic mass is 9.86. The van der Waals surface area contributed by atoms with Gasteiger partial charge in [0.25, 0.3) is 5.91 Å². The Balaban J connectivity index is 1.50. The van der Waals surface area contributed by atoms with Crippen LogP contribution in [0.3, 0.4) is 0 Å². The van der Waals surface area contributed by atoms with E-state index in [1.54, 1.807) is 6.20 Å². The van der Waals surface area contributed by atoms with Gasteiger partial charge in [0.2, 0.25) is 0 Å². The van der Waals surface area contributed by atoms with Crippen LogP contribution in [0.5, 0.6) is 0 Å². The molecule has 7 heteroatoms. The Morgan fingerprint density at radius 3 is 2.89 bits per heavy atom. The third-order valence-corrected chi connectivity index (χ3v) is 6.22. The molecule has 3 aromatic rings. The number of hydrogen-bond acceptors (Lipinski definition) is 4. The van der Waals surface area contributed by atoms with Crippen LogP contribution in [0, 0.1) is 0 Å². The van der Waals surface area contributed by atoms with E-state index in [0.29, 0.717) is 4.88 Å². The summed E-state index contributed by atoms with van der Waals surface area (Å²) in [4.78, 5) is 13.6. The van der Waals surface area contributed by atoms with Crippen molar-refractivity contribution in [1.82, 2.24) is 20.4 Å². The van der Waals surface area contributed by atoms with Gasteiger partial charge in [-0.3, -0.25) is 9.48 Å². The summed E-state index contributed by atoms with van der Waals surface area (Å²) in [5.74, 6) is 0.255. The van der Waals surface area contributed by atoms with Gasteiger partial charge in [0.05, 0.1) is 10.6 Å². The van der Waals surface area contributed by atoms with Crippen LogP contribution in [-0.4, -0.2) is 34.8 Å². The fraction of sp³-hybridized carbons (Fsp3) is 0.300. The molecule has 0 radical (unpaired) electrons. The van der Waals surface area contributed by atoms with Gasteiger partial charge in [-0.05, 0) is 42.8 Å². The molecule has 0 unspecified atom stereocenters. The summed E-state index contributed by atoms with van der Waals surface area (Å²) >= 11 is 7.48. The Hall–Kier alpha value is -2.15. The highest BCUT2D eigenvalue weighted by Crippen LogP contribution is 2.28. The normalized spacial score (nSPS) is 19.8. The summed E-state index contributed by atoms with van der Waals surface area (Å²) < 4.78 is 1.81. The molecule has 140 valence electrons. The molecule has 0 saturated carbocycles. The van der Waals surface area contributed by atoms with E-state index >= 15 is 0 Å². The Bertz CT molecular complexity index is 934. The molecule has 1 aliphatic heterocycles. The molecule has 0 spiro atoms. The minimum absolute atomic E-state index is 0.0268. The van der Waals surface area contributed by atoms with Gasteiger partial charge in [0.1, 0.15) is 0 Å². The second-order valence-electron chi connectivity index (χ2n) is 6.77. The number of hydrogen-bond donors (Lipinski definition) is 2. The van der Waals surface area contributed by atoms with Crippen LogP contribution in [0.25, 0.3) is 11.3 Å². The predicted molar refractivity (Wildman–Crippen MR) is 109 cm³/mol. The molecule has 2 N–H and O–H groups in total. The second-order valence-corrected chi connectivity index (χ2v) is 8.12. The number of thiophene rings is 1. The highest BCUT2D eigenvalue weighted by Gasteiger charge is 2.28. The molecule has 4 rings (SSSR count). The van der Waals surface area contributed by atoms with Gasteiger partial charge in [0, 0.05) is 47.7 Å². The molecule has 2 atom stereocenters. The van der Waals surface area contributed by atoms with Crippen LogP contribution in [0.4, 0.5) is 0 Å². The smallest absolute Gasteiger partial charge is 0.261 e. The maximum Gasteiger partial charge on any atom is 0.261 e. The van der Waals surface area contributed by atoms with Crippen LogP contribution in [0.2, 0.25) is 5.02 Å². The number of aromatic nitrogens is 2. The van der Waals surface area contributed by atoms with Crippen LogP contribution in [0.1, 0.15) is 27.6 Å². The van der Waals surface area contributed by atoms with E-state index < -0.39 is 0 Å². The molecule has 2 aromatic heterocycles. The van der Waals surface area contributed by atoms with Gasteiger partial charge in [-0.2, -0.15) is 5.10 Å². The fourth-order valence-electron chi connectivity index (χ4n) is 3.61. The Morgan fingerprint density at radius 2 is 2.15 bits per heavy atom. The monoisotopic (exact) mass is 400 g/mol. The van der Waals surface area contributed by atoms with Crippen molar-refractivity contribution >= 4 is 28.8 Å². The van der Waals surface area contributed by atoms with Gasteiger partial charge in [-0.15, -0.1) is 11.3 Å². The molecular formula is C20H21ClN4OS. The first kappa shape index (κ1) is 18.2. The summed E-state index contributed by atoms with van der Waals surface area (Å²) in [5, 5.41) is 13.5. The fourth-order valence-corrected chi connectivity index (χ4v) is 4.54. The summed E-state index contributed by atoms with van der Waals surface area (Å²) in [6.45, 7) is 1.71. The standard InChI is InChI=1S/C20H21ClN4OS/c1-25-18(7-9-23-25)14-10-19(27-12-14)20(26)24-17-11-22-8-6-16(17)13-2-4-15(21)5-3-13/h2-5,7,9-10,12,16-17,22H,6,8,11H2,1H3,(H,24,26)/t16-,17+/m0/s1. The molecule has 1 amide bonds. The maximum atomic E-state index is 12.8. The number of benzene rings is 1. The third kappa shape index (κ3) is 3.93. The molecule has 0 bridgehead atoms. The minimum atomic E-state index is -0.0268. The van der Waals surface area contributed by atoms with Gasteiger partial charge >= 0.3 is 0 Å². The zero-order chi connectivity index (χ0) is 18.8. The van der Waals surface area contributed by atoms with E-state index in [1.165, 1.54) is 16.9 Å². The summed E-state index contributed by atoms with van der Waals surface area (Å²) in [6, 6.07) is 11.9. The first-order valence-corrected chi connectivity index (χ1v) is 10.2. The van der Waals surface area contributed by atoms with E-state index in [-0.39, 0.29) is 17.9 Å². The van der Waals surface area contributed by atoms with E-state index in [2.05, 4.69) is 27.9 Å². The highest BCUT2D eigenvalue weighted by molar-refractivity contribution is 7.12. The number of halogens is 1. The Labute approximate surface area is 167 Å². The van der Waals surface area contributed by atoms with Crippen molar-refractivity contribution in [3.05, 3.63) is 63.4 Å². The van der Waals surface area contributed by atoms with E-state index in [4.69, 9.17) is 11.6 Å². The lowest BCUT2D eigenvalue weighted by molar-refractivity contribution is 0.0928. The first-order valence-electron chi connectivity index (χ1n) is 8.96. The van der Waals surface area contributed by atoms with Crippen molar-refractivity contribution in [3.8, 4) is 11.3 Å². The average molecular weight is 401 g/mol. The van der Waals surface area contributed by atoms with Crippen molar-refractivity contribution in [2.45, 2.75) is 18.4 Å². The number of aryl methyl sites for hydroxylation is 1. The molecule has 0 aliphatic carbocycles. The van der Waals surface area contributed by atoms with Crippen molar-refractivity contribution < 1.29 is 4.79 Å². The van der Waals surface area contributed by atoms with Crippen molar-refractivity contribution in [1.29, 1.82) is 0 Å². The number of nitrogens with one attached hydrogen (secondary N) is 2. The Kier molecular flexibility index (Phi) is 5.29. The van der Waals surface area contributed by atoms with Crippen molar-refractivity contribution in [2.75, 3.05) is 13.1 Å². The van der Waals surface area contributed by atoms with Crippen molar-refractivity contribution in [2.24, 2.45) is 7.05 Å². The van der Waals surface area contributed by atoms with Crippen LogP contribution < -0.4 is 10.6 Å². The number of amides is 1. The SMILES string of the molecule is Cn1nccc1-c1csc(C(=O)N[C@@H]2CNCC[C@H]2c2ccc(Cl)cc2)c1. The largest absolute Gasteiger partial charge is 0.347 e. The zero-order valence-corrected chi connectivity index (χ0v) is 16.6. The van der Waals surface area contributed by atoms with Gasteiger partial charge < -0.3 is 10.6 Å². The summed E-state index contributed by atoms with van der Waals surface area (Å²) in [7, 11) is 1.90. The number of nitrogens with zero attached hydrogens (tertiary/aromatic N) is 2. The molecule has 3 heterocycles. The topological polar surface area (TPSA) is 59.0 Å². The highest BCUT2D eigenvalue weighted by atomic mass is 35.5. The predicted octanol–water partition coefficient (Wildman–Crippen LogP) is 3.68. The second kappa shape index (κ2) is 7.84. The van der Waals surface area contributed by atoms with Crippen LogP contribution >= 0.6 is 22.9 Å². The van der Waals surface area contributed by atoms with Crippen LogP contribution in [-0.2, 0) is 7.05 Å². The number of carbonyl (C=O) groups excluding carboxylic acids is 1. The molecule has 1 saturated heterocycles. The van der Waals surface area contributed by atoms with Gasteiger partial charge in [-0.25, -0.2) is 0 Å². The molecule has 27 heavy (non-hydrogen) atoms. The lowest BCUT2D eigenvalue weighted by Gasteiger charge is -2.33.